The molecule has 0 aromatic heterocycles. The van der Waals surface area contributed by atoms with Crippen molar-refractivity contribution in [2.45, 2.75) is 19.8 Å². The minimum absolute atomic E-state index is 0.137. The van der Waals surface area contributed by atoms with Crippen LogP contribution in [-0.2, 0) is 4.79 Å². The van der Waals surface area contributed by atoms with Crippen LogP contribution in [0.15, 0.2) is 12.2 Å². The molecule has 0 aromatic rings. The summed E-state index contributed by atoms with van der Waals surface area (Å²) in [5, 5.41) is 0. The molecule has 0 radical (unpaired) electrons. The molecule has 0 heterocycles. The molecule has 0 atom stereocenters. The minimum atomic E-state index is -0.137. The van der Waals surface area contributed by atoms with Gasteiger partial charge in [-0.3, -0.25) is 4.79 Å². The third-order valence-electron chi connectivity index (χ3n) is 0.965. The van der Waals surface area contributed by atoms with Gasteiger partial charge in [0.25, 0.3) is 0 Å². The summed E-state index contributed by atoms with van der Waals surface area (Å²) in [5.74, 6) is 5.69. The van der Waals surface area contributed by atoms with Crippen LogP contribution in [0.25, 0.3) is 0 Å². The molecule has 0 aliphatic heterocycles. The highest BCUT2D eigenvalue weighted by Crippen LogP contribution is 1.88. The Labute approximate surface area is 72.4 Å². The number of carbonyl (C=O) groups is 1. The predicted octanol–water partition coefficient (Wildman–Crippen LogP) is 2.15. The zero-order valence-electron chi connectivity index (χ0n) is 6.56. The lowest BCUT2D eigenvalue weighted by molar-refractivity contribution is -0.109. The van der Waals surface area contributed by atoms with Gasteiger partial charge in [-0.2, -0.15) is 0 Å². The quantitative estimate of drug-likeness (QED) is 0.209. The van der Waals surface area contributed by atoms with Crippen molar-refractivity contribution >= 4 is 17.4 Å². The Kier molecular flexibility index (Phi) is 6.87. The molecule has 0 aliphatic carbocycles. The lowest BCUT2D eigenvalue weighted by Crippen LogP contribution is -1.84. The maximum Gasteiger partial charge on any atom is 0.228 e. The highest BCUT2D eigenvalue weighted by molar-refractivity contribution is 6.17. The average molecular weight is 171 g/mol. The van der Waals surface area contributed by atoms with Crippen molar-refractivity contribution in [3.05, 3.63) is 12.2 Å². The van der Waals surface area contributed by atoms with E-state index < -0.39 is 0 Å². The first-order chi connectivity index (χ1) is 5.31. The highest BCUT2D eigenvalue weighted by atomic mass is 35.5. The van der Waals surface area contributed by atoms with E-state index in [0.717, 1.165) is 6.42 Å². The number of hydrogen-bond acceptors (Lipinski definition) is 1. The number of allylic oxidation sites excluding steroid dienone is 2. The molecule has 0 bridgehead atoms. The summed E-state index contributed by atoms with van der Waals surface area (Å²) < 4.78 is 0. The lowest BCUT2D eigenvalue weighted by atomic mass is 10.3. The van der Waals surface area contributed by atoms with E-state index in [2.05, 4.69) is 11.8 Å². The molecule has 0 unspecified atom stereocenters. The molecule has 0 N–H and O–H groups in total. The van der Waals surface area contributed by atoms with Gasteiger partial charge in [0.1, 0.15) is 0 Å². The molecule has 0 saturated carbocycles. The van der Waals surface area contributed by atoms with Gasteiger partial charge in [-0.05, 0) is 25.3 Å². The Balaban J connectivity index is 3.60. The fraction of sp³-hybridized carbons (Fsp3) is 0.444. The van der Waals surface area contributed by atoms with Gasteiger partial charge in [-0.25, -0.2) is 0 Å². The zero-order valence-corrected chi connectivity index (χ0v) is 7.32. The SMILES string of the molecule is C/C=C/C(=O)C#CCCCCl. The third-order valence-corrected chi connectivity index (χ3v) is 1.23. The maximum atomic E-state index is 10.7. The van der Waals surface area contributed by atoms with E-state index in [4.69, 9.17) is 11.6 Å². The molecule has 0 aliphatic rings. The number of unbranched alkanes of at least 4 members (excludes halogenated alkanes) is 1. The molecular formula is C9H11ClO. The first-order valence-electron chi connectivity index (χ1n) is 3.52. The number of alkyl halides is 1. The summed E-state index contributed by atoms with van der Waals surface area (Å²) in [5.41, 5.74) is 0. The van der Waals surface area contributed by atoms with Gasteiger partial charge < -0.3 is 0 Å². The van der Waals surface area contributed by atoms with Gasteiger partial charge >= 0.3 is 0 Å². The van der Waals surface area contributed by atoms with Crippen LogP contribution < -0.4 is 0 Å². The smallest absolute Gasteiger partial charge is 0.228 e. The van der Waals surface area contributed by atoms with E-state index in [1.165, 1.54) is 6.08 Å². The monoisotopic (exact) mass is 170 g/mol. The second kappa shape index (κ2) is 7.37. The van der Waals surface area contributed by atoms with Crippen molar-refractivity contribution in [2.24, 2.45) is 0 Å². The Morgan fingerprint density at radius 2 is 2.36 bits per heavy atom. The highest BCUT2D eigenvalue weighted by Gasteiger charge is 1.84. The van der Waals surface area contributed by atoms with Gasteiger partial charge in [0, 0.05) is 12.3 Å². The first kappa shape index (κ1) is 10.3. The number of hydrogen-bond donors (Lipinski definition) is 0. The Morgan fingerprint density at radius 3 is 2.91 bits per heavy atom. The van der Waals surface area contributed by atoms with Crippen molar-refractivity contribution in [1.29, 1.82) is 0 Å². The molecule has 0 aromatic carbocycles. The Hall–Kier alpha value is -0.740. The minimum Gasteiger partial charge on any atom is -0.280 e. The molecule has 0 fully saturated rings. The second-order valence-corrected chi connectivity index (χ2v) is 2.34. The second-order valence-electron chi connectivity index (χ2n) is 1.96. The van der Waals surface area contributed by atoms with Crippen molar-refractivity contribution in [3.63, 3.8) is 0 Å². The first-order valence-corrected chi connectivity index (χ1v) is 4.06. The third kappa shape index (κ3) is 7.15. The molecular weight excluding hydrogens is 160 g/mol. The fourth-order valence-corrected chi connectivity index (χ4v) is 0.631. The normalized spacial score (nSPS) is 9.27. The summed E-state index contributed by atoms with van der Waals surface area (Å²) in [6, 6.07) is 0. The molecule has 60 valence electrons. The van der Waals surface area contributed by atoms with Crippen LogP contribution in [0.5, 0.6) is 0 Å². The zero-order chi connectivity index (χ0) is 8.53. The molecule has 0 saturated heterocycles. The fourth-order valence-electron chi connectivity index (χ4n) is 0.498. The lowest BCUT2D eigenvalue weighted by Gasteiger charge is -1.81. The van der Waals surface area contributed by atoms with Gasteiger partial charge in [0.15, 0.2) is 0 Å². The molecule has 1 nitrogen and oxygen atoms in total. The van der Waals surface area contributed by atoms with Crippen LogP contribution >= 0.6 is 11.6 Å². The van der Waals surface area contributed by atoms with E-state index in [1.54, 1.807) is 13.0 Å². The number of carbonyl (C=O) groups excluding carboxylic acids is 1. The summed E-state index contributed by atoms with van der Waals surface area (Å²) in [6.45, 7) is 1.79. The van der Waals surface area contributed by atoms with Gasteiger partial charge in [-0.1, -0.05) is 12.0 Å². The standard InChI is InChI=1S/C9H11ClO/c1-2-6-9(11)7-4-3-5-8-10/h2,6H,3,5,8H2,1H3/b6-2+. The van der Waals surface area contributed by atoms with Crippen molar-refractivity contribution < 1.29 is 4.79 Å². The Morgan fingerprint density at radius 1 is 1.64 bits per heavy atom. The van der Waals surface area contributed by atoms with E-state index in [-0.39, 0.29) is 5.78 Å². The van der Waals surface area contributed by atoms with E-state index in [9.17, 15) is 4.79 Å². The molecule has 0 spiro atoms. The largest absolute Gasteiger partial charge is 0.280 e. The van der Waals surface area contributed by atoms with Crippen LogP contribution in [-0.4, -0.2) is 11.7 Å². The molecule has 2 heteroatoms. The number of halogens is 1. The number of rotatable bonds is 3. The summed E-state index contributed by atoms with van der Waals surface area (Å²) >= 11 is 5.41. The maximum absolute atomic E-state index is 10.7. The van der Waals surface area contributed by atoms with E-state index >= 15 is 0 Å². The molecule has 0 rings (SSSR count). The summed E-state index contributed by atoms with van der Waals surface area (Å²) in [4.78, 5) is 10.7. The van der Waals surface area contributed by atoms with E-state index in [1.807, 2.05) is 0 Å². The summed E-state index contributed by atoms with van der Waals surface area (Å²) in [6.07, 6.45) is 4.68. The Bertz CT molecular complexity index is 195. The van der Waals surface area contributed by atoms with Crippen LogP contribution in [0.3, 0.4) is 0 Å². The number of ketones is 1. The van der Waals surface area contributed by atoms with Crippen LogP contribution in [0.1, 0.15) is 19.8 Å². The predicted molar refractivity (Wildman–Crippen MR) is 47.6 cm³/mol. The van der Waals surface area contributed by atoms with E-state index in [0.29, 0.717) is 12.3 Å². The average Bonchev–Trinajstić information content (AvgIpc) is 1.99. The van der Waals surface area contributed by atoms with Crippen LogP contribution in [0.4, 0.5) is 0 Å². The van der Waals surface area contributed by atoms with Crippen molar-refractivity contribution in [3.8, 4) is 11.8 Å². The van der Waals surface area contributed by atoms with Crippen LogP contribution in [0.2, 0.25) is 0 Å². The van der Waals surface area contributed by atoms with Crippen molar-refractivity contribution in [1.82, 2.24) is 0 Å². The topological polar surface area (TPSA) is 17.1 Å². The summed E-state index contributed by atoms with van der Waals surface area (Å²) in [7, 11) is 0. The van der Waals surface area contributed by atoms with Gasteiger partial charge in [0.05, 0.1) is 0 Å². The van der Waals surface area contributed by atoms with Crippen LogP contribution in [0, 0.1) is 11.8 Å². The molecule has 0 amide bonds. The van der Waals surface area contributed by atoms with Gasteiger partial charge in [-0.15, -0.1) is 11.6 Å². The van der Waals surface area contributed by atoms with Crippen molar-refractivity contribution in [2.75, 3.05) is 5.88 Å². The van der Waals surface area contributed by atoms with Gasteiger partial charge in [0.2, 0.25) is 5.78 Å². The molecule has 11 heavy (non-hydrogen) atoms.